The predicted octanol–water partition coefficient (Wildman–Crippen LogP) is 1.64. The number of carbonyl (C=O) groups is 1. The number of hydrogen-bond donors (Lipinski definition) is 1. The van der Waals surface area contributed by atoms with Gasteiger partial charge in [0.05, 0.1) is 11.3 Å². The van der Waals surface area contributed by atoms with Gasteiger partial charge in [0, 0.05) is 25.3 Å². The smallest absolute Gasteiger partial charge is 0.257 e. The number of aryl methyl sites for hydroxylation is 2. The Kier molecular flexibility index (Phi) is 4.02. The molecule has 2 fully saturated rings. The molecule has 2 unspecified atom stereocenters. The van der Waals surface area contributed by atoms with Crippen LogP contribution in [0.25, 0.3) is 0 Å². The number of amides is 1. The van der Waals surface area contributed by atoms with Crippen LogP contribution in [0.3, 0.4) is 0 Å². The Morgan fingerprint density at radius 2 is 2.10 bits per heavy atom. The fourth-order valence-corrected chi connectivity index (χ4v) is 3.97. The zero-order valence-corrected chi connectivity index (χ0v) is 13.4. The van der Waals surface area contributed by atoms with E-state index in [1.807, 2.05) is 25.6 Å². The highest BCUT2D eigenvalue weighted by Crippen LogP contribution is 2.30. The van der Waals surface area contributed by atoms with E-state index in [9.17, 15) is 4.79 Å². The molecule has 1 aromatic rings. The van der Waals surface area contributed by atoms with Gasteiger partial charge >= 0.3 is 0 Å². The SMILES string of the molecule is Cc1nn(C)c(C)c1C(=O)N1CCCC1C1CCCNC1. The number of nitrogens with one attached hydrogen (secondary N) is 1. The molecular formula is C16H26N4O. The number of aromatic nitrogens is 2. The number of nitrogens with zero attached hydrogens (tertiary/aromatic N) is 3. The minimum Gasteiger partial charge on any atom is -0.335 e. The lowest BCUT2D eigenvalue weighted by molar-refractivity contribution is 0.0669. The summed E-state index contributed by atoms with van der Waals surface area (Å²) in [5, 5.41) is 7.88. The third kappa shape index (κ3) is 2.59. The second-order valence-corrected chi connectivity index (χ2v) is 6.48. The molecule has 2 aliphatic heterocycles. The highest BCUT2D eigenvalue weighted by molar-refractivity contribution is 5.96. The Morgan fingerprint density at radius 1 is 1.29 bits per heavy atom. The summed E-state index contributed by atoms with van der Waals surface area (Å²) in [4.78, 5) is 15.1. The van der Waals surface area contributed by atoms with E-state index in [4.69, 9.17) is 0 Å². The van der Waals surface area contributed by atoms with Crippen molar-refractivity contribution in [2.45, 2.75) is 45.6 Å². The molecule has 3 rings (SSSR count). The first-order valence-electron chi connectivity index (χ1n) is 8.11. The van der Waals surface area contributed by atoms with Gasteiger partial charge in [0.25, 0.3) is 5.91 Å². The molecule has 5 heteroatoms. The summed E-state index contributed by atoms with van der Waals surface area (Å²) in [6.07, 6.45) is 4.75. The maximum atomic E-state index is 13.0. The van der Waals surface area contributed by atoms with E-state index >= 15 is 0 Å². The molecule has 2 saturated heterocycles. The molecule has 0 radical (unpaired) electrons. The van der Waals surface area contributed by atoms with Crippen LogP contribution in [0.1, 0.15) is 47.4 Å². The van der Waals surface area contributed by atoms with Gasteiger partial charge in [-0.2, -0.15) is 5.10 Å². The van der Waals surface area contributed by atoms with Crippen molar-refractivity contribution in [1.29, 1.82) is 0 Å². The first-order valence-corrected chi connectivity index (χ1v) is 8.11. The molecule has 1 amide bonds. The lowest BCUT2D eigenvalue weighted by atomic mass is 9.90. The van der Waals surface area contributed by atoms with Gasteiger partial charge in [-0.1, -0.05) is 0 Å². The van der Waals surface area contributed by atoms with Crippen LogP contribution in [0, 0.1) is 19.8 Å². The molecule has 1 aromatic heterocycles. The quantitative estimate of drug-likeness (QED) is 0.901. The first-order chi connectivity index (χ1) is 10.1. The van der Waals surface area contributed by atoms with E-state index in [0.29, 0.717) is 12.0 Å². The number of hydrogen-bond acceptors (Lipinski definition) is 3. The molecule has 0 spiro atoms. The first kappa shape index (κ1) is 14.6. The van der Waals surface area contributed by atoms with Gasteiger partial charge in [-0.3, -0.25) is 9.48 Å². The van der Waals surface area contributed by atoms with Crippen LogP contribution >= 0.6 is 0 Å². The van der Waals surface area contributed by atoms with Gasteiger partial charge in [-0.25, -0.2) is 0 Å². The fourth-order valence-electron chi connectivity index (χ4n) is 3.97. The van der Waals surface area contributed by atoms with Crippen molar-refractivity contribution in [1.82, 2.24) is 20.0 Å². The van der Waals surface area contributed by atoms with E-state index < -0.39 is 0 Å². The summed E-state index contributed by atoms with van der Waals surface area (Å²) < 4.78 is 1.82. The number of rotatable bonds is 2. The van der Waals surface area contributed by atoms with Gasteiger partial charge < -0.3 is 10.2 Å². The zero-order chi connectivity index (χ0) is 15.0. The van der Waals surface area contributed by atoms with Crippen molar-refractivity contribution < 1.29 is 4.79 Å². The Hall–Kier alpha value is -1.36. The van der Waals surface area contributed by atoms with Crippen LogP contribution in [0.2, 0.25) is 0 Å². The average molecular weight is 290 g/mol. The highest BCUT2D eigenvalue weighted by Gasteiger charge is 2.37. The van der Waals surface area contributed by atoms with Crippen molar-refractivity contribution in [3.63, 3.8) is 0 Å². The van der Waals surface area contributed by atoms with Gasteiger partial charge in [0.2, 0.25) is 0 Å². The summed E-state index contributed by atoms with van der Waals surface area (Å²) in [5.74, 6) is 0.800. The van der Waals surface area contributed by atoms with Crippen LogP contribution in [0.4, 0.5) is 0 Å². The molecule has 2 atom stereocenters. The van der Waals surface area contributed by atoms with Gasteiger partial charge in [-0.15, -0.1) is 0 Å². The predicted molar refractivity (Wildman–Crippen MR) is 82.3 cm³/mol. The molecule has 2 aliphatic rings. The highest BCUT2D eigenvalue weighted by atomic mass is 16.2. The van der Waals surface area contributed by atoms with Crippen molar-refractivity contribution in [3.8, 4) is 0 Å². The van der Waals surface area contributed by atoms with Gasteiger partial charge in [0.1, 0.15) is 0 Å². The second-order valence-electron chi connectivity index (χ2n) is 6.48. The molecule has 0 saturated carbocycles. The van der Waals surface area contributed by atoms with Gasteiger partial charge in [-0.05, 0) is 58.5 Å². The Labute approximate surface area is 126 Å². The summed E-state index contributed by atoms with van der Waals surface area (Å²) in [6, 6.07) is 0.407. The van der Waals surface area contributed by atoms with Crippen molar-refractivity contribution in [2.24, 2.45) is 13.0 Å². The number of piperidine rings is 1. The summed E-state index contributed by atoms with van der Waals surface area (Å²) in [6.45, 7) is 7.00. The molecule has 0 bridgehead atoms. The summed E-state index contributed by atoms with van der Waals surface area (Å²) in [5.41, 5.74) is 2.64. The van der Waals surface area contributed by atoms with Crippen molar-refractivity contribution >= 4 is 5.91 Å². The molecule has 116 valence electrons. The minimum absolute atomic E-state index is 0.186. The topological polar surface area (TPSA) is 50.2 Å². The third-order valence-electron chi connectivity index (χ3n) is 5.16. The van der Waals surface area contributed by atoms with Crippen LogP contribution in [-0.4, -0.2) is 46.3 Å². The Bertz CT molecular complexity index is 531. The van der Waals surface area contributed by atoms with Gasteiger partial charge in [0.15, 0.2) is 0 Å². The third-order valence-corrected chi connectivity index (χ3v) is 5.16. The normalized spacial score (nSPS) is 26.3. The number of carbonyl (C=O) groups excluding carboxylic acids is 1. The van der Waals surface area contributed by atoms with Crippen LogP contribution in [0.5, 0.6) is 0 Å². The number of likely N-dealkylation sites (tertiary alicyclic amines) is 1. The van der Waals surface area contributed by atoms with E-state index in [1.54, 1.807) is 0 Å². The van der Waals surface area contributed by atoms with Crippen molar-refractivity contribution in [3.05, 3.63) is 17.0 Å². The lowest BCUT2D eigenvalue weighted by Gasteiger charge is -2.34. The van der Waals surface area contributed by atoms with E-state index in [0.717, 1.165) is 49.4 Å². The standard InChI is InChI=1S/C16H26N4O/c1-11-15(12(2)19(3)18-11)16(21)20-9-5-7-14(20)13-6-4-8-17-10-13/h13-14,17H,4-10H2,1-3H3. The van der Waals surface area contributed by atoms with Crippen LogP contribution < -0.4 is 5.32 Å². The van der Waals surface area contributed by atoms with E-state index in [2.05, 4.69) is 15.3 Å². The monoisotopic (exact) mass is 290 g/mol. The fraction of sp³-hybridized carbons (Fsp3) is 0.750. The van der Waals surface area contributed by atoms with E-state index in [-0.39, 0.29) is 5.91 Å². The molecule has 3 heterocycles. The summed E-state index contributed by atoms with van der Waals surface area (Å²) >= 11 is 0. The molecule has 1 N–H and O–H groups in total. The zero-order valence-electron chi connectivity index (χ0n) is 13.4. The van der Waals surface area contributed by atoms with Crippen molar-refractivity contribution in [2.75, 3.05) is 19.6 Å². The largest absolute Gasteiger partial charge is 0.335 e. The molecule has 0 aromatic carbocycles. The second kappa shape index (κ2) is 5.79. The lowest BCUT2D eigenvalue weighted by Crippen LogP contribution is -2.45. The molecule has 0 aliphatic carbocycles. The van der Waals surface area contributed by atoms with E-state index in [1.165, 1.54) is 12.8 Å². The maximum Gasteiger partial charge on any atom is 0.257 e. The maximum absolute atomic E-state index is 13.0. The molecule has 21 heavy (non-hydrogen) atoms. The summed E-state index contributed by atoms with van der Waals surface area (Å²) in [7, 11) is 1.91. The van der Waals surface area contributed by atoms with Crippen LogP contribution in [0.15, 0.2) is 0 Å². The van der Waals surface area contributed by atoms with Crippen LogP contribution in [-0.2, 0) is 7.05 Å². The average Bonchev–Trinajstić information content (AvgIpc) is 3.05. The Balaban J connectivity index is 1.82. The minimum atomic E-state index is 0.186. The Morgan fingerprint density at radius 3 is 2.71 bits per heavy atom. The molecule has 5 nitrogen and oxygen atoms in total. The molecular weight excluding hydrogens is 264 g/mol.